The number of aryl methyl sites for hydroxylation is 2. The molecule has 0 radical (unpaired) electrons. The molecule has 23 heavy (non-hydrogen) atoms. The molecule has 2 aromatic rings. The van der Waals surface area contributed by atoms with Crippen molar-refractivity contribution in [2.75, 3.05) is 13.2 Å². The summed E-state index contributed by atoms with van der Waals surface area (Å²) in [4.78, 5) is 14.1. The lowest BCUT2D eigenvalue weighted by atomic mass is 10.1. The van der Waals surface area contributed by atoms with Gasteiger partial charge < -0.3 is 15.3 Å². The van der Waals surface area contributed by atoms with Crippen molar-refractivity contribution in [3.05, 3.63) is 53.3 Å². The minimum atomic E-state index is -0.198. The molecule has 1 atom stereocenters. The van der Waals surface area contributed by atoms with E-state index < -0.39 is 0 Å². The van der Waals surface area contributed by atoms with Crippen LogP contribution in [0.5, 0.6) is 0 Å². The molecule has 0 saturated heterocycles. The Morgan fingerprint density at radius 3 is 2.65 bits per heavy atom. The van der Waals surface area contributed by atoms with Crippen molar-refractivity contribution in [3.63, 3.8) is 0 Å². The summed E-state index contributed by atoms with van der Waals surface area (Å²) in [6.07, 6.45) is 3.61. The number of aliphatic hydroxyl groups is 1. The van der Waals surface area contributed by atoms with Gasteiger partial charge in [0, 0.05) is 31.9 Å². The lowest BCUT2D eigenvalue weighted by molar-refractivity contribution is 0.171. The Bertz CT molecular complexity index is 636. The molecule has 0 aliphatic heterocycles. The van der Waals surface area contributed by atoms with Gasteiger partial charge in [0.2, 0.25) is 0 Å². The van der Waals surface area contributed by atoms with Crippen LogP contribution >= 0.6 is 0 Å². The highest BCUT2D eigenvalue weighted by molar-refractivity contribution is 5.74. The number of benzene rings is 1. The van der Waals surface area contributed by atoms with Crippen molar-refractivity contribution >= 4 is 6.03 Å². The third-order valence-corrected chi connectivity index (χ3v) is 3.72. The predicted octanol–water partition coefficient (Wildman–Crippen LogP) is 1.99. The van der Waals surface area contributed by atoms with E-state index in [0.717, 1.165) is 11.1 Å². The van der Waals surface area contributed by atoms with Gasteiger partial charge in [-0.1, -0.05) is 29.8 Å². The molecule has 1 aromatic carbocycles. The topological polar surface area (TPSA) is 70.4 Å². The maximum atomic E-state index is 12.5. The molecule has 0 spiro atoms. The molecule has 1 aromatic heterocycles. The number of urea groups is 1. The number of amides is 2. The van der Waals surface area contributed by atoms with E-state index in [1.165, 1.54) is 5.56 Å². The van der Waals surface area contributed by atoms with E-state index in [1.54, 1.807) is 15.8 Å². The second kappa shape index (κ2) is 7.78. The highest BCUT2D eigenvalue weighted by Crippen LogP contribution is 2.12. The van der Waals surface area contributed by atoms with Crippen LogP contribution in [0.1, 0.15) is 29.7 Å². The molecule has 0 saturated carbocycles. The van der Waals surface area contributed by atoms with Crippen molar-refractivity contribution < 1.29 is 9.90 Å². The first kappa shape index (κ1) is 17.0. The SMILES string of the molecule is Cc1ccc(CN(CCO)C(=O)N[C@H](C)c2cnn(C)c2)cc1. The maximum Gasteiger partial charge on any atom is 0.318 e. The molecule has 0 aliphatic rings. The van der Waals surface area contributed by atoms with Crippen molar-refractivity contribution in [1.29, 1.82) is 0 Å². The Balaban J connectivity index is 2.01. The van der Waals surface area contributed by atoms with Gasteiger partial charge >= 0.3 is 6.03 Å². The lowest BCUT2D eigenvalue weighted by Gasteiger charge is -2.24. The van der Waals surface area contributed by atoms with Gasteiger partial charge in [-0.3, -0.25) is 4.68 Å². The van der Waals surface area contributed by atoms with Crippen molar-refractivity contribution in [2.45, 2.75) is 26.4 Å². The monoisotopic (exact) mass is 316 g/mol. The predicted molar refractivity (Wildman–Crippen MR) is 88.8 cm³/mol. The zero-order valence-electron chi connectivity index (χ0n) is 13.9. The fraction of sp³-hybridized carbons (Fsp3) is 0.412. The largest absolute Gasteiger partial charge is 0.395 e. The molecule has 124 valence electrons. The molecular formula is C17H24N4O2. The maximum absolute atomic E-state index is 12.5. The van der Waals surface area contributed by atoms with Crippen molar-refractivity contribution in [3.8, 4) is 0 Å². The average Bonchev–Trinajstić information content (AvgIpc) is 2.95. The molecule has 2 amide bonds. The normalized spacial score (nSPS) is 12.0. The van der Waals surface area contributed by atoms with Crippen LogP contribution in [0, 0.1) is 6.92 Å². The standard InChI is InChI=1S/C17H24N4O2/c1-13-4-6-15(7-5-13)11-21(8-9-22)17(23)19-14(2)16-10-18-20(3)12-16/h4-7,10,12,14,22H,8-9,11H2,1-3H3,(H,19,23)/t14-/m1/s1. The lowest BCUT2D eigenvalue weighted by Crippen LogP contribution is -2.42. The van der Waals surface area contributed by atoms with Crippen LogP contribution in [0.2, 0.25) is 0 Å². The molecule has 0 aliphatic carbocycles. The van der Waals surface area contributed by atoms with E-state index in [9.17, 15) is 9.90 Å². The molecule has 0 fully saturated rings. The summed E-state index contributed by atoms with van der Waals surface area (Å²) in [6, 6.07) is 7.69. The second-order valence-corrected chi connectivity index (χ2v) is 5.75. The summed E-state index contributed by atoms with van der Waals surface area (Å²) in [6.45, 7) is 4.63. The van der Waals surface area contributed by atoms with E-state index in [0.29, 0.717) is 13.1 Å². The van der Waals surface area contributed by atoms with Crippen LogP contribution in [0.3, 0.4) is 0 Å². The van der Waals surface area contributed by atoms with Crippen molar-refractivity contribution in [2.24, 2.45) is 7.05 Å². The summed E-state index contributed by atoms with van der Waals surface area (Å²) in [5.41, 5.74) is 3.16. The number of carbonyl (C=O) groups excluding carboxylic acids is 1. The van der Waals surface area contributed by atoms with E-state index >= 15 is 0 Å². The molecular weight excluding hydrogens is 292 g/mol. The van der Waals surface area contributed by atoms with Gasteiger partial charge in [-0.05, 0) is 19.4 Å². The number of aliphatic hydroxyl groups excluding tert-OH is 1. The van der Waals surface area contributed by atoms with Crippen LogP contribution in [0.25, 0.3) is 0 Å². The number of hydrogen-bond acceptors (Lipinski definition) is 3. The molecule has 0 unspecified atom stereocenters. The zero-order chi connectivity index (χ0) is 16.8. The smallest absolute Gasteiger partial charge is 0.318 e. The average molecular weight is 316 g/mol. The fourth-order valence-electron chi connectivity index (χ4n) is 2.31. The molecule has 2 rings (SSSR count). The van der Waals surface area contributed by atoms with Gasteiger partial charge in [-0.2, -0.15) is 5.10 Å². The number of hydrogen-bond donors (Lipinski definition) is 2. The Hall–Kier alpha value is -2.34. The van der Waals surface area contributed by atoms with Crippen LogP contribution in [-0.2, 0) is 13.6 Å². The van der Waals surface area contributed by atoms with Crippen LogP contribution in [0.4, 0.5) is 4.79 Å². The van der Waals surface area contributed by atoms with Crippen LogP contribution in [-0.4, -0.2) is 39.0 Å². The van der Waals surface area contributed by atoms with Crippen LogP contribution in [0.15, 0.2) is 36.7 Å². The Kier molecular flexibility index (Phi) is 5.76. The molecule has 0 bridgehead atoms. The third kappa shape index (κ3) is 4.82. The number of carbonyl (C=O) groups is 1. The van der Waals surface area contributed by atoms with Gasteiger partial charge in [0.25, 0.3) is 0 Å². The van der Waals surface area contributed by atoms with Gasteiger partial charge in [-0.25, -0.2) is 4.79 Å². The van der Waals surface area contributed by atoms with E-state index in [4.69, 9.17) is 0 Å². The molecule has 1 heterocycles. The summed E-state index contributed by atoms with van der Waals surface area (Å²) < 4.78 is 1.70. The highest BCUT2D eigenvalue weighted by atomic mass is 16.3. The highest BCUT2D eigenvalue weighted by Gasteiger charge is 2.17. The first-order valence-electron chi connectivity index (χ1n) is 7.70. The minimum absolute atomic E-state index is 0.0689. The summed E-state index contributed by atoms with van der Waals surface area (Å²) in [7, 11) is 1.84. The van der Waals surface area contributed by atoms with Crippen LogP contribution < -0.4 is 5.32 Å². The summed E-state index contributed by atoms with van der Waals surface area (Å²) >= 11 is 0. The Labute approximate surface area is 136 Å². The fourth-order valence-corrected chi connectivity index (χ4v) is 2.31. The molecule has 6 nitrogen and oxygen atoms in total. The number of rotatable bonds is 6. The third-order valence-electron chi connectivity index (χ3n) is 3.72. The Morgan fingerprint density at radius 2 is 2.09 bits per heavy atom. The van der Waals surface area contributed by atoms with Gasteiger partial charge in [0.05, 0.1) is 18.8 Å². The van der Waals surface area contributed by atoms with E-state index in [2.05, 4.69) is 10.4 Å². The van der Waals surface area contributed by atoms with E-state index in [1.807, 2.05) is 51.4 Å². The summed E-state index contributed by atoms with van der Waals surface area (Å²) in [5, 5.41) is 16.3. The molecule has 6 heteroatoms. The summed E-state index contributed by atoms with van der Waals surface area (Å²) in [5.74, 6) is 0. The minimum Gasteiger partial charge on any atom is -0.395 e. The number of nitrogens with one attached hydrogen (secondary N) is 1. The number of nitrogens with zero attached hydrogens (tertiary/aromatic N) is 3. The van der Waals surface area contributed by atoms with Crippen molar-refractivity contribution in [1.82, 2.24) is 20.0 Å². The first-order chi connectivity index (χ1) is 11.0. The first-order valence-corrected chi connectivity index (χ1v) is 7.70. The Morgan fingerprint density at radius 1 is 1.39 bits per heavy atom. The van der Waals surface area contributed by atoms with E-state index in [-0.39, 0.29) is 18.7 Å². The zero-order valence-corrected chi connectivity index (χ0v) is 13.9. The number of aromatic nitrogens is 2. The van der Waals surface area contributed by atoms with Gasteiger partial charge in [0.1, 0.15) is 0 Å². The molecule has 2 N–H and O–H groups in total. The quantitative estimate of drug-likeness (QED) is 0.856. The second-order valence-electron chi connectivity index (χ2n) is 5.75. The van der Waals surface area contributed by atoms with Gasteiger partial charge in [0.15, 0.2) is 0 Å². The van der Waals surface area contributed by atoms with Gasteiger partial charge in [-0.15, -0.1) is 0 Å².